The van der Waals surface area contributed by atoms with E-state index in [4.69, 9.17) is 0 Å². The van der Waals surface area contributed by atoms with Crippen molar-refractivity contribution in [3.8, 4) is 0 Å². The van der Waals surface area contributed by atoms with E-state index >= 15 is 0 Å². The van der Waals surface area contributed by atoms with Gasteiger partial charge in [-0.05, 0) is 26.9 Å². The third kappa shape index (κ3) is 10.4. The smallest absolute Gasteiger partial charge is 0.191 e. The van der Waals surface area contributed by atoms with E-state index in [0.29, 0.717) is 0 Å². The van der Waals surface area contributed by atoms with Crippen molar-refractivity contribution in [2.24, 2.45) is 4.99 Å². The second-order valence-electron chi connectivity index (χ2n) is 4.64. The molecule has 4 heteroatoms. The molecule has 0 aliphatic heterocycles. The molecule has 0 fully saturated rings. The number of aliphatic imine (C=N–C) groups is 1. The standard InChI is InChI=1S/C14H32N4/c1-5-8-9-10-11-16-14(15-6-2)17-12-13-18(4)7-3/h5-13H2,1-4H3,(H2,15,16,17). The molecule has 4 nitrogen and oxygen atoms in total. The highest BCUT2D eigenvalue weighted by Crippen LogP contribution is 1.98. The van der Waals surface area contributed by atoms with Crippen LogP contribution in [0.2, 0.25) is 0 Å². The molecule has 0 saturated carbocycles. The van der Waals surface area contributed by atoms with Crippen LogP contribution < -0.4 is 10.6 Å². The first-order valence-electron chi connectivity index (χ1n) is 7.45. The number of hydrogen-bond donors (Lipinski definition) is 2. The largest absolute Gasteiger partial charge is 0.357 e. The monoisotopic (exact) mass is 256 g/mol. The summed E-state index contributed by atoms with van der Waals surface area (Å²) in [5, 5.41) is 6.66. The summed E-state index contributed by atoms with van der Waals surface area (Å²) in [6.45, 7) is 11.5. The first-order chi connectivity index (χ1) is 8.74. The maximum absolute atomic E-state index is 4.58. The molecular weight excluding hydrogens is 224 g/mol. The minimum Gasteiger partial charge on any atom is -0.357 e. The van der Waals surface area contributed by atoms with Crippen molar-refractivity contribution in [1.82, 2.24) is 15.5 Å². The molecule has 0 heterocycles. The Hall–Kier alpha value is -0.770. The highest BCUT2D eigenvalue weighted by atomic mass is 15.2. The molecule has 18 heavy (non-hydrogen) atoms. The molecule has 0 aromatic rings. The van der Waals surface area contributed by atoms with Gasteiger partial charge in [0.1, 0.15) is 0 Å². The van der Waals surface area contributed by atoms with Gasteiger partial charge in [-0.2, -0.15) is 0 Å². The van der Waals surface area contributed by atoms with Gasteiger partial charge in [0.05, 0.1) is 0 Å². The van der Waals surface area contributed by atoms with Crippen molar-refractivity contribution in [3.63, 3.8) is 0 Å². The second kappa shape index (κ2) is 12.7. The van der Waals surface area contributed by atoms with Crippen molar-refractivity contribution in [2.45, 2.75) is 46.5 Å². The predicted molar refractivity (Wildman–Crippen MR) is 81.3 cm³/mol. The average Bonchev–Trinajstić information content (AvgIpc) is 2.38. The van der Waals surface area contributed by atoms with Crippen molar-refractivity contribution in [3.05, 3.63) is 0 Å². The lowest BCUT2D eigenvalue weighted by Gasteiger charge is -2.16. The molecule has 0 saturated heterocycles. The third-order valence-corrected chi connectivity index (χ3v) is 2.95. The Kier molecular flexibility index (Phi) is 12.1. The fourth-order valence-electron chi connectivity index (χ4n) is 1.59. The molecule has 0 atom stereocenters. The van der Waals surface area contributed by atoms with Crippen molar-refractivity contribution >= 4 is 5.96 Å². The Morgan fingerprint density at radius 3 is 2.44 bits per heavy atom. The Labute approximate surface area is 113 Å². The number of nitrogens with zero attached hydrogens (tertiary/aromatic N) is 2. The molecule has 0 radical (unpaired) electrons. The minimum atomic E-state index is 0.921. The number of likely N-dealkylation sites (N-methyl/N-ethyl adjacent to an activating group) is 1. The number of unbranched alkanes of at least 4 members (excludes halogenated alkanes) is 3. The molecule has 0 spiro atoms. The van der Waals surface area contributed by atoms with Crippen molar-refractivity contribution < 1.29 is 0 Å². The lowest BCUT2D eigenvalue weighted by atomic mass is 10.2. The zero-order chi connectivity index (χ0) is 13.6. The minimum absolute atomic E-state index is 0.921. The topological polar surface area (TPSA) is 39.7 Å². The van der Waals surface area contributed by atoms with Crippen LogP contribution in [0.3, 0.4) is 0 Å². The van der Waals surface area contributed by atoms with E-state index in [1.54, 1.807) is 0 Å². The fourth-order valence-corrected chi connectivity index (χ4v) is 1.59. The van der Waals surface area contributed by atoms with Gasteiger partial charge in [0.25, 0.3) is 0 Å². The van der Waals surface area contributed by atoms with Crippen LogP contribution in [0.15, 0.2) is 4.99 Å². The van der Waals surface area contributed by atoms with E-state index < -0.39 is 0 Å². The number of rotatable bonds is 10. The maximum Gasteiger partial charge on any atom is 0.191 e. The van der Waals surface area contributed by atoms with Gasteiger partial charge in [-0.25, -0.2) is 0 Å². The first-order valence-corrected chi connectivity index (χ1v) is 7.45. The molecular formula is C14H32N4. The van der Waals surface area contributed by atoms with Crippen LogP contribution >= 0.6 is 0 Å². The molecule has 0 unspecified atom stereocenters. The molecule has 108 valence electrons. The van der Waals surface area contributed by atoms with E-state index in [0.717, 1.165) is 38.7 Å². The van der Waals surface area contributed by atoms with E-state index in [-0.39, 0.29) is 0 Å². The van der Waals surface area contributed by atoms with Crippen LogP contribution in [0.25, 0.3) is 0 Å². The van der Waals surface area contributed by atoms with E-state index in [1.165, 1.54) is 25.7 Å². The van der Waals surface area contributed by atoms with Gasteiger partial charge < -0.3 is 15.5 Å². The van der Waals surface area contributed by atoms with Crippen LogP contribution in [0, 0.1) is 0 Å². The van der Waals surface area contributed by atoms with Gasteiger partial charge in [0.2, 0.25) is 0 Å². The van der Waals surface area contributed by atoms with Gasteiger partial charge in [-0.3, -0.25) is 4.99 Å². The highest BCUT2D eigenvalue weighted by molar-refractivity contribution is 5.79. The number of hydrogen-bond acceptors (Lipinski definition) is 2. The normalized spacial score (nSPS) is 11.9. The van der Waals surface area contributed by atoms with E-state index in [2.05, 4.69) is 48.3 Å². The molecule has 0 aromatic heterocycles. The predicted octanol–water partition coefficient (Wildman–Crippen LogP) is 2.07. The lowest BCUT2D eigenvalue weighted by Crippen LogP contribution is -2.41. The van der Waals surface area contributed by atoms with Crippen LogP contribution in [0.4, 0.5) is 0 Å². The fraction of sp³-hybridized carbons (Fsp3) is 0.929. The Bertz CT molecular complexity index is 204. The zero-order valence-electron chi connectivity index (χ0n) is 12.8. The molecule has 0 aliphatic rings. The summed E-state index contributed by atoms with van der Waals surface area (Å²) in [7, 11) is 2.14. The summed E-state index contributed by atoms with van der Waals surface area (Å²) in [4.78, 5) is 6.87. The van der Waals surface area contributed by atoms with E-state index in [9.17, 15) is 0 Å². The van der Waals surface area contributed by atoms with Gasteiger partial charge in [0.15, 0.2) is 5.96 Å². The molecule has 0 aromatic carbocycles. The summed E-state index contributed by atoms with van der Waals surface area (Å²) >= 11 is 0. The van der Waals surface area contributed by atoms with Crippen molar-refractivity contribution in [2.75, 3.05) is 39.8 Å². The Morgan fingerprint density at radius 1 is 1.06 bits per heavy atom. The summed E-state index contributed by atoms with van der Waals surface area (Å²) < 4.78 is 0. The Morgan fingerprint density at radius 2 is 1.83 bits per heavy atom. The number of guanidine groups is 1. The first kappa shape index (κ1) is 17.2. The SMILES string of the molecule is CCCCCCN=C(NCC)NCCN(C)CC. The number of nitrogens with one attached hydrogen (secondary N) is 2. The summed E-state index contributed by atoms with van der Waals surface area (Å²) in [6, 6.07) is 0. The van der Waals surface area contributed by atoms with E-state index in [1.807, 2.05) is 0 Å². The molecule has 0 bridgehead atoms. The summed E-state index contributed by atoms with van der Waals surface area (Å²) in [5.74, 6) is 0.957. The van der Waals surface area contributed by atoms with Gasteiger partial charge in [-0.15, -0.1) is 0 Å². The molecule has 0 rings (SSSR count). The van der Waals surface area contributed by atoms with Crippen LogP contribution in [-0.4, -0.2) is 50.6 Å². The molecule has 2 N–H and O–H groups in total. The quantitative estimate of drug-likeness (QED) is 0.357. The molecule has 0 aliphatic carbocycles. The van der Waals surface area contributed by atoms with Gasteiger partial charge in [0, 0.05) is 26.2 Å². The van der Waals surface area contributed by atoms with Gasteiger partial charge >= 0.3 is 0 Å². The van der Waals surface area contributed by atoms with Crippen LogP contribution in [-0.2, 0) is 0 Å². The summed E-state index contributed by atoms with van der Waals surface area (Å²) in [6.07, 6.45) is 5.09. The second-order valence-corrected chi connectivity index (χ2v) is 4.64. The third-order valence-electron chi connectivity index (χ3n) is 2.95. The van der Waals surface area contributed by atoms with Crippen molar-refractivity contribution in [1.29, 1.82) is 0 Å². The zero-order valence-corrected chi connectivity index (χ0v) is 12.8. The van der Waals surface area contributed by atoms with Crippen LogP contribution in [0.1, 0.15) is 46.5 Å². The highest BCUT2D eigenvalue weighted by Gasteiger charge is 1.98. The van der Waals surface area contributed by atoms with Gasteiger partial charge in [-0.1, -0.05) is 33.1 Å². The molecule has 0 amide bonds. The Balaban J connectivity index is 3.78. The lowest BCUT2D eigenvalue weighted by molar-refractivity contribution is 0.357. The maximum atomic E-state index is 4.58. The average molecular weight is 256 g/mol. The summed E-state index contributed by atoms with van der Waals surface area (Å²) in [5.41, 5.74) is 0. The van der Waals surface area contributed by atoms with Crippen LogP contribution in [0.5, 0.6) is 0 Å².